The fourth-order valence-corrected chi connectivity index (χ4v) is 4.35. The van der Waals surface area contributed by atoms with Crippen molar-refractivity contribution < 1.29 is 15.0 Å². The average Bonchev–Trinajstić information content (AvgIpc) is 3.06. The minimum absolute atomic E-state index is 0.0506. The van der Waals surface area contributed by atoms with Crippen molar-refractivity contribution in [3.63, 3.8) is 0 Å². The molecule has 2 N–H and O–H groups in total. The van der Waals surface area contributed by atoms with E-state index in [0.29, 0.717) is 43.3 Å². The largest absolute Gasteiger partial charge is 0.390 e. The van der Waals surface area contributed by atoms with Crippen molar-refractivity contribution in [3.8, 4) is 0 Å². The molecule has 2 aromatic carbocycles. The third-order valence-electron chi connectivity index (χ3n) is 5.85. The van der Waals surface area contributed by atoms with Crippen LogP contribution in [0.2, 0.25) is 0 Å². The zero-order chi connectivity index (χ0) is 18.1. The number of aliphatic hydroxyl groups excluding tert-OH is 2. The minimum atomic E-state index is -0.649. The maximum absolute atomic E-state index is 12.8. The summed E-state index contributed by atoms with van der Waals surface area (Å²) in [4.78, 5) is 14.7. The van der Waals surface area contributed by atoms with Crippen LogP contribution in [0.15, 0.2) is 54.6 Å². The number of benzene rings is 2. The van der Waals surface area contributed by atoms with Crippen molar-refractivity contribution in [2.45, 2.75) is 31.5 Å². The number of hydrogen-bond donors (Lipinski definition) is 2. The zero-order valence-corrected chi connectivity index (χ0v) is 14.8. The van der Waals surface area contributed by atoms with Crippen LogP contribution in [0.3, 0.4) is 0 Å². The van der Waals surface area contributed by atoms with Crippen LogP contribution in [0.4, 0.5) is 0 Å². The van der Waals surface area contributed by atoms with Gasteiger partial charge in [-0.3, -0.25) is 4.79 Å². The van der Waals surface area contributed by atoms with Crippen LogP contribution < -0.4 is 0 Å². The molecule has 0 aromatic heterocycles. The Bertz CT molecular complexity index is 741. The molecular weight excluding hydrogens is 326 g/mol. The summed E-state index contributed by atoms with van der Waals surface area (Å²) in [7, 11) is 0. The quantitative estimate of drug-likeness (QED) is 0.893. The summed E-state index contributed by atoms with van der Waals surface area (Å²) in [5.41, 5.74) is 3.16. The molecule has 4 unspecified atom stereocenters. The van der Waals surface area contributed by atoms with Gasteiger partial charge in [0.15, 0.2) is 0 Å². The Labute approximate surface area is 154 Å². The smallest absolute Gasteiger partial charge is 0.253 e. The summed E-state index contributed by atoms with van der Waals surface area (Å²) in [6.07, 6.45) is 0.739. The molecule has 0 radical (unpaired) electrons. The van der Waals surface area contributed by atoms with Gasteiger partial charge in [-0.1, -0.05) is 42.5 Å². The first-order valence-corrected chi connectivity index (χ1v) is 9.38. The van der Waals surface area contributed by atoms with Crippen molar-refractivity contribution in [3.05, 3.63) is 71.3 Å². The van der Waals surface area contributed by atoms with E-state index in [1.807, 2.05) is 47.4 Å². The molecule has 0 bridgehead atoms. The Morgan fingerprint density at radius 3 is 1.96 bits per heavy atom. The normalized spacial score (nSPS) is 28.0. The first-order valence-electron chi connectivity index (χ1n) is 9.38. The molecule has 4 nitrogen and oxygen atoms in total. The van der Waals surface area contributed by atoms with Gasteiger partial charge in [0.1, 0.15) is 0 Å². The standard InChI is InChI=1S/C22H25NO3/c24-20-11-18-13-23(14-19(18)12-21(20)25)22(26)17-8-6-16(7-9-17)10-15-4-2-1-3-5-15/h1-9,18-21,24-25H,10-14H2. The second kappa shape index (κ2) is 7.22. The molecule has 1 aliphatic heterocycles. The lowest BCUT2D eigenvalue weighted by molar-refractivity contribution is -0.0372. The number of hydrogen-bond acceptors (Lipinski definition) is 3. The third-order valence-corrected chi connectivity index (χ3v) is 5.85. The molecule has 1 saturated carbocycles. The number of fused-ring (bicyclic) bond motifs is 1. The molecule has 2 aliphatic rings. The van der Waals surface area contributed by atoms with Crippen molar-refractivity contribution in [2.75, 3.05) is 13.1 Å². The molecule has 4 rings (SSSR count). The van der Waals surface area contributed by atoms with Gasteiger partial charge in [0.05, 0.1) is 12.2 Å². The van der Waals surface area contributed by atoms with Gasteiger partial charge in [-0.2, -0.15) is 0 Å². The number of rotatable bonds is 3. The molecule has 136 valence electrons. The lowest BCUT2D eigenvalue weighted by Gasteiger charge is -2.31. The topological polar surface area (TPSA) is 60.8 Å². The average molecular weight is 351 g/mol. The minimum Gasteiger partial charge on any atom is -0.390 e. The van der Waals surface area contributed by atoms with Gasteiger partial charge in [0.2, 0.25) is 0 Å². The maximum Gasteiger partial charge on any atom is 0.253 e. The summed E-state index contributed by atoms with van der Waals surface area (Å²) in [5.74, 6) is 0.652. The fourth-order valence-electron chi connectivity index (χ4n) is 4.35. The highest BCUT2D eigenvalue weighted by Crippen LogP contribution is 2.37. The zero-order valence-electron chi connectivity index (χ0n) is 14.8. The van der Waals surface area contributed by atoms with Gasteiger partial charge in [-0.25, -0.2) is 0 Å². The van der Waals surface area contributed by atoms with E-state index in [-0.39, 0.29) is 5.91 Å². The van der Waals surface area contributed by atoms with Crippen LogP contribution in [0, 0.1) is 11.8 Å². The van der Waals surface area contributed by atoms with Crippen LogP contribution in [0.25, 0.3) is 0 Å². The van der Waals surface area contributed by atoms with Gasteiger partial charge in [-0.15, -0.1) is 0 Å². The van der Waals surface area contributed by atoms with E-state index in [1.54, 1.807) is 0 Å². The van der Waals surface area contributed by atoms with E-state index in [4.69, 9.17) is 0 Å². The highest BCUT2D eigenvalue weighted by Gasteiger charge is 2.42. The van der Waals surface area contributed by atoms with Crippen molar-refractivity contribution in [2.24, 2.45) is 11.8 Å². The Hall–Kier alpha value is -2.17. The van der Waals surface area contributed by atoms with Crippen LogP contribution in [0.5, 0.6) is 0 Å². The molecule has 1 saturated heterocycles. The van der Waals surface area contributed by atoms with Crippen molar-refractivity contribution in [1.82, 2.24) is 4.90 Å². The number of likely N-dealkylation sites (tertiary alicyclic amines) is 1. The van der Waals surface area contributed by atoms with Crippen molar-refractivity contribution >= 4 is 5.91 Å². The first kappa shape index (κ1) is 17.3. The molecule has 1 heterocycles. The number of aliphatic hydroxyl groups is 2. The first-order chi connectivity index (χ1) is 12.6. The van der Waals surface area contributed by atoms with E-state index in [0.717, 1.165) is 6.42 Å². The Morgan fingerprint density at radius 1 is 0.846 bits per heavy atom. The fraction of sp³-hybridized carbons (Fsp3) is 0.409. The number of carbonyl (C=O) groups is 1. The number of nitrogens with zero attached hydrogens (tertiary/aromatic N) is 1. The second-order valence-electron chi connectivity index (χ2n) is 7.70. The Balaban J connectivity index is 1.41. The van der Waals surface area contributed by atoms with Gasteiger partial charge in [-0.05, 0) is 54.4 Å². The van der Waals surface area contributed by atoms with Gasteiger partial charge in [0, 0.05) is 18.7 Å². The molecule has 2 fully saturated rings. The highest BCUT2D eigenvalue weighted by atomic mass is 16.3. The van der Waals surface area contributed by atoms with Crippen LogP contribution in [-0.2, 0) is 6.42 Å². The summed E-state index contributed by atoms with van der Waals surface area (Å²) < 4.78 is 0. The van der Waals surface area contributed by atoms with Crippen LogP contribution >= 0.6 is 0 Å². The Morgan fingerprint density at radius 2 is 1.38 bits per heavy atom. The summed E-state index contributed by atoms with van der Waals surface area (Å²) in [6, 6.07) is 18.2. The number of carbonyl (C=O) groups excluding carboxylic acids is 1. The molecule has 4 heteroatoms. The predicted molar refractivity (Wildman–Crippen MR) is 99.8 cm³/mol. The van der Waals surface area contributed by atoms with Gasteiger partial charge >= 0.3 is 0 Å². The van der Waals surface area contributed by atoms with Crippen molar-refractivity contribution in [1.29, 1.82) is 0 Å². The van der Waals surface area contributed by atoms with Gasteiger partial charge < -0.3 is 15.1 Å². The third kappa shape index (κ3) is 3.53. The lowest BCUT2D eigenvalue weighted by atomic mass is 9.79. The molecule has 4 atom stereocenters. The maximum atomic E-state index is 12.8. The van der Waals surface area contributed by atoms with Crippen LogP contribution in [0.1, 0.15) is 34.3 Å². The van der Waals surface area contributed by atoms with E-state index in [1.165, 1.54) is 11.1 Å². The molecule has 0 spiro atoms. The molecule has 26 heavy (non-hydrogen) atoms. The highest BCUT2D eigenvalue weighted by molar-refractivity contribution is 5.94. The van der Waals surface area contributed by atoms with E-state index in [9.17, 15) is 15.0 Å². The summed E-state index contributed by atoms with van der Waals surface area (Å²) in [6.45, 7) is 1.36. The lowest BCUT2D eigenvalue weighted by Crippen LogP contribution is -2.38. The monoisotopic (exact) mass is 351 g/mol. The number of amides is 1. The predicted octanol–water partition coefficient (Wildman–Crippen LogP) is 2.48. The summed E-state index contributed by atoms with van der Waals surface area (Å²) >= 11 is 0. The Kier molecular flexibility index (Phi) is 4.79. The molecule has 2 aromatic rings. The van der Waals surface area contributed by atoms with Gasteiger partial charge in [0.25, 0.3) is 5.91 Å². The van der Waals surface area contributed by atoms with E-state index in [2.05, 4.69) is 12.1 Å². The summed E-state index contributed by atoms with van der Waals surface area (Å²) in [5, 5.41) is 19.7. The molecule has 1 amide bonds. The molecule has 1 aliphatic carbocycles. The molecular formula is C22H25NO3. The van der Waals surface area contributed by atoms with E-state index < -0.39 is 12.2 Å². The SMILES string of the molecule is O=C(c1ccc(Cc2ccccc2)cc1)N1CC2CC(O)C(O)CC2C1. The van der Waals surface area contributed by atoms with Crippen LogP contribution in [-0.4, -0.2) is 46.3 Å². The van der Waals surface area contributed by atoms with E-state index >= 15 is 0 Å². The second-order valence-corrected chi connectivity index (χ2v) is 7.70.